The van der Waals surface area contributed by atoms with Gasteiger partial charge in [-0.3, -0.25) is 4.79 Å². The zero-order chi connectivity index (χ0) is 20.9. The summed E-state index contributed by atoms with van der Waals surface area (Å²) in [6.45, 7) is 3.70. The Labute approximate surface area is 169 Å². The van der Waals surface area contributed by atoms with E-state index in [-0.39, 0.29) is 13.2 Å². The average Bonchev–Trinajstić information content (AvgIpc) is 2.78. The fraction of sp³-hybridized carbons (Fsp3) is 0.0833. The van der Waals surface area contributed by atoms with E-state index in [0.29, 0.717) is 17.1 Å². The van der Waals surface area contributed by atoms with Crippen LogP contribution >= 0.6 is 0 Å². The molecule has 5 nitrogen and oxygen atoms in total. The van der Waals surface area contributed by atoms with Gasteiger partial charge in [-0.15, -0.1) is 0 Å². The van der Waals surface area contributed by atoms with Crippen molar-refractivity contribution in [3.63, 3.8) is 0 Å². The number of aldehydes is 1. The molecule has 3 aromatic carbocycles. The fourth-order valence-corrected chi connectivity index (χ4v) is 2.29. The van der Waals surface area contributed by atoms with Crippen LogP contribution < -0.4 is 4.74 Å². The third-order valence-corrected chi connectivity index (χ3v) is 3.75. The minimum Gasteiger partial charge on any atom is -0.508 e. The van der Waals surface area contributed by atoms with Gasteiger partial charge < -0.3 is 14.6 Å². The highest BCUT2D eigenvalue weighted by Gasteiger charge is 1.97. The minimum absolute atomic E-state index is 0.167. The first-order chi connectivity index (χ1) is 14.1. The second-order valence-electron chi connectivity index (χ2n) is 5.82. The second-order valence-corrected chi connectivity index (χ2v) is 5.82. The molecule has 0 atom stereocenters. The summed E-state index contributed by atoms with van der Waals surface area (Å²) in [5, 5.41) is 9.10. The smallest absolute Gasteiger partial charge is 0.330 e. The van der Waals surface area contributed by atoms with E-state index in [1.165, 1.54) is 5.56 Å². The molecule has 0 aliphatic carbocycles. The number of esters is 1. The molecule has 0 aliphatic rings. The van der Waals surface area contributed by atoms with Gasteiger partial charge in [0.25, 0.3) is 0 Å². The molecule has 3 aromatic rings. The van der Waals surface area contributed by atoms with Gasteiger partial charge in [-0.05, 0) is 47.5 Å². The van der Waals surface area contributed by atoms with Crippen LogP contribution in [0.2, 0.25) is 0 Å². The first-order valence-electron chi connectivity index (χ1n) is 8.94. The van der Waals surface area contributed by atoms with Gasteiger partial charge in [0, 0.05) is 11.6 Å². The van der Waals surface area contributed by atoms with E-state index in [1.807, 2.05) is 42.5 Å². The van der Waals surface area contributed by atoms with Crippen molar-refractivity contribution in [1.29, 1.82) is 0 Å². The van der Waals surface area contributed by atoms with Gasteiger partial charge in [-0.25, -0.2) is 4.79 Å². The van der Waals surface area contributed by atoms with Crippen molar-refractivity contribution in [2.75, 3.05) is 13.2 Å². The molecular formula is C24H22O5. The van der Waals surface area contributed by atoms with Crippen molar-refractivity contribution >= 4 is 12.3 Å². The maximum Gasteiger partial charge on any atom is 0.330 e. The molecule has 5 heteroatoms. The van der Waals surface area contributed by atoms with Gasteiger partial charge in [-0.1, -0.05) is 49.0 Å². The van der Waals surface area contributed by atoms with Crippen LogP contribution in [0.1, 0.15) is 10.4 Å². The lowest BCUT2D eigenvalue weighted by atomic mass is 10.1. The number of rotatable bonds is 7. The molecule has 29 heavy (non-hydrogen) atoms. The van der Waals surface area contributed by atoms with E-state index >= 15 is 0 Å². The Kier molecular flexibility index (Phi) is 8.70. The largest absolute Gasteiger partial charge is 0.508 e. The van der Waals surface area contributed by atoms with Gasteiger partial charge in [0.1, 0.15) is 31.0 Å². The molecule has 0 unspecified atom stereocenters. The summed E-state index contributed by atoms with van der Waals surface area (Å²) in [6.07, 6.45) is 1.86. The maximum atomic E-state index is 10.7. The van der Waals surface area contributed by atoms with E-state index in [0.717, 1.165) is 17.9 Å². The molecule has 0 aromatic heterocycles. The monoisotopic (exact) mass is 390 g/mol. The Balaban J connectivity index is 0.000000211. The summed E-state index contributed by atoms with van der Waals surface area (Å²) in [6, 6.07) is 24.0. The third kappa shape index (κ3) is 7.72. The van der Waals surface area contributed by atoms with Gasteiger partial charge >= 0.3 is 5.97 Å². The topological polar surface area (TPSA) is 72.8 Å². The van der Waals surface area contributed by atoms with Crippen LogP contribution in [0.4, 0.5) is 0 Å². The highest BCUT2D eigenvalue weighted by molar-refractivity contribution is 5.81. The summed E-state index contributed by atoms with van der Waals surface area (Å²) in [5.74, 6) is 0.458. The molecule has 0 spiro atoms. The van der Waals surface area contributed by atoms with Gasteiger partial charge in [-0.2, -0.15) is 0 Å². The Morgan fingerprint density at radius 3 is 2.07 bits per heavy atom. The molecule has 0 radical (unpaired) electrons. The lowest BCUT2D eigenvalue weighted by Gasteiger charge is -2.05. The zero-order valence-corrected chi connectivity index (χ0v) is 15.9. The lowest BCUT2D eigenvalue weighted by Crippen LogP contribution is -2.10. The number of hydrogen-bond acceptors (Lipinski definition) is 5. The molecule has 0 amide bonds. The standard InChI is InChI=1S/C12H12O4.C12H10O/c1-2-12(14)16-8-7-15-11-5-3-10(9-13)4-6-11;13-12-8-6-11(7-9-12)10-4-2-1-3-5-10/h2-6,9H,1,7-8H2;1-9,13H. The maximum absolute atomic E-state index is 10.7. The van der Waals surface area contributed by atoms with E-state index in [9.17, 15) is 9.59 Å². The van der Waals surface area contributed by atoms with E-state index in [1.54, 1.807) is 36.4 Å². The lowest BCUT2D eigenvalue weighted by molar-refractivity contribution is -0.138. The first-order valence-corrected chi connectivity index (χ1v) is 8.94. The summed E-state index contributed by atoms with van der Waals surface area (Å²) in [7, 11) is 0. The third-order valence-electron chi connectivity index (χ3n) is 3.75. The van der Waals surface area contributed by atoms with Gasteiger partial charge in [0.15, 0.2) is 0 Å². The number of benzene rings is 3. The van der Waals surface area contributed by atoms with Gasteiger partial charge in [0.05, 0.1) is 0 Å². The number of carbonyl (C=O) groups is 2. The van der Waals surface area contributed by atoms with E-state index in [2.05, 4.69) is 6.58 Å². The number of hydrogen-bond donors (Lipinski definition) is 1. The van der Waals surface area contributed by atoms with Crippen LogP contribution in [0, 0.1) is 0 Å². The number of phenolic OH excluding ortho intramolecular Hbond substituents is 1. The van der Waals surface area contributed by atoms with Crippen LogP contribution in [-0.4, -0.2) is 30.6 Å². The molecule has 0 saturated heterocycles. The summed E-state index contributed by atoms with van der Waals surface area (Å²) >= 11 is 0. The Bertz CT molecular complexity index is 900. The van der Waals surface area contributed by atoms with Crippen molar-refractivity contribution in [3.05, 3.63) is 97.1 Å². The van der Waals surface area contributed by atoms with Crippen molar-refractivity contribution in [2.24, 2.45) is 0 Å². The van der Waals surface area contributed by atoms with E-state index in [4.69, 9.17) is 14.6 Å². The molecule has 3 rings (SSSR count). The number of aromatic hydroxyl groups is 1. The van der Waals surface area contributed by atoms with Crippen molar-refractivity contribution in [2.45, 2.75) is 0 Å². The summed E-state index contributed by atoms with van der Waals surface area (Å²) in [4.78, 5) is 21.1. The van der Waals surface area contributed by atoms with Crippen molar-refractivity contribution < 1.29 is 24.2 Å². The van der Waals surface area contributed by atoms with Gasteiger partial charge in [0.2, 0.25) is 0 Å². The summed E-state index contributed by atoms with van der Waals surface area (Å²) < 4.78 is 9.99. The molecule has 0 bridgehead atoms. The molecule has 0 heterocycles. The Hall–Kier alpha value is -3.86. The molecule has 0 saturated carbocycles. The SMILES string of the molecule is C=CC(=O)OCCOc1ccc(C=O)cc1.Oc1ccc(-c2ccccc2)cc1. The van der Waals surface area contributed by atoms with Crippen LogP contribution in [0.3, 0.4) is 0 Å². The summed E-state index contributed by atoms with van der Waals surface area (Å²) in [5.41, 5.74) is 2.88. The Morgan fingerprint density at radius 2 is 1.48 bits per heavy atom. The van der Waals surface area contributed by atoms with Crippen molar-refractivity contribution in [1.82, 2.24) is 0 Å². The molecule has 0 aliphatic heterocycles. The highest BCUT2D eigenvalue weighted by Crippen LogP contribution is 2.20. The number of carbonyl (C=O) groups excluding carboxylic acids is 2. The fourth-order valence-electron chi connectivity index (χ4n) is 2.29. The predicted molar refractivity (Wildman–Crippen MR) is 112 cm³/mol. The predicted octanol–water partition coefficient (Wildman–Crippen LogP) is 4.67. The van der Waals surface area contributed by atoms with Crippen LogP contribution in [0.15, 0.2) is 91.5 Å². The number of ether oxygens (including phenoxy) is 2. The normalized spacial score (nSPS) is 9.52. The molecule has 0 fully saturated rings. The van der Waals surface area contributed by atoms with Crippen LogP contribution in [0.25, 0.3) is 11.1 Å². The van der Waals surface area contributed by atoms with E-state index < -0.39 is 5.97 Å². The molecule has 1 N–H and O–H groups in total. The number of phenols is 1. The molecule has 148 valence electrons. The minimum atomic E-state index is -0.472. The van der Waals surface area contributed by atoms with Crippen LogP contribution in [-0.2, 0) is 9.53 Å². The highest BCUT2D eigenvalue weighted by atomic mass is 16.6. The Morgan fingerprint density at radius 1 is 0.862 bits per heavy atom. The zero-order valence-electron chi connectivity index (χ0n) is 15.9. The first kappa shape index (κ1) is 21.4. The quantitative estimate of drug-likeness (QED) is 0.275. The molecular weight excluding hydrogens is 368 g/mol. The van der Waals surface area contributed by atoms with Crippen LogP contribution in [0.5, 0.6) is 11.5 Å². The van der Waals surface area contributed by atoms with Crippen molar-refractivity contribution in [3.8, 4) is 22.6 Å². The second kappa shape index (κ2) is 11.8. The average molecular weight is 390 g/mol.